The molecule has 106 valence electrons. The summed E-state index contributed by atoms with van der Waals surface area (Å²) in [6.07, 6.45) is 1.48. The van der Waals surface area contributed by atoms with Crippen LogP contribution in [0.1, 0.15) is 17.0 Å². The number of halogens is 1. The molecule has 1 fully saturated rings. The van der Waals surface area contributed by atoms with Crippen molar-refractivity contribution < 1.29 is 5.11 Å². The maximum Gasteiger partial charge on any atom is 0.161 e. The first kappa shape index (κ1) is 13.7. The minimum Gasteiger partial charge on any atom is -0.379 e. The third-order valence-corrected chi connectivity index (χ3v) is 4.90. The second-order valence-corrected chi connectivity index (χ2v) is 6.23. The molecule has 0 unspecified atom stereocenters. The lowest BCUT2D eigenvalue weighted by molar-refractivity contribution is -0.115. The lowest BCUT2D eigenvalue weighted by Gasteiger charge is -2.45. The summed E-state index contributed by atoms with van der Waals surface area (Å²) in [7, 11) is 1.81. The summed E-state index contributed by atoms with van der Waals surface area (Å²) in [4.78, 5) is 6.35. The Hall–Kier alpha value is -1.24. The van der Waals surface area contributed by atoms with Gasteiger partial charge in [-0.05, 0) is 18.1 Å². The molecular formula is C14H17BrN4O. The van der Waals surface area contributed by atoms with Crippen molar-refractivity contribution in [2.24, 2.45) is 7.05 Å². The number of hydrogen-bond acceptors (Lipinski definition) is 4. The molecule has 0 saturated carbocycles. The third-order valence-electron chi connectivity index (χ3n) is 3.76. The molecule has 0 atom stereocenters. The van der Waals surface area contributed by atoms with E-state index in [-0.39, 0.29) is 0 Å². The molecular weight excluding hydrogens is 320 g/mol. The molecule has 1 saturated heterocycles. The van der Waals surface area contributed by atoms with E-state index in [0.29, 0.717) is 18.9 Å². The molecule has 3 rings (SSSR count). The average Bonchev–Trinajstić information content (AvgIpc) is 2.79. The molecule has 0 aliphatic carbocycles. The zero-order chi connectivity index (χ0) is 14.3. The van der Waals surface area contributed by atoms with Crippen molar-refractivity contribution in [3.05, 3.63) is 46.0 Å². The fourth-order valence-corrected chi connectivity index (χ4v) is 3.13. The molecule has 0 radical (unpaired) electrons. The van der Waals surface area contributed by atoms with E-state index in [1.807, 2.05) is 0 Å². The molecule has 6 heteroatoms. The minimum absolute atomic E-state index is 0.583. The maximum absolute atomic E-state index is 10.5. The Balaban J connectivity index is 1.69. The molecule has 2 heterocycles. The van der Waals surface area contributed by atoms with E-state index in [1.165, 1.54) is 17.5 Å². The van der Waals surface area contributed by atoms with Gasteiger partial charge in [-0.1, -0.05) is 34.1 Å². The first-order valence-corrected chi connectivity index (χ1v) is 7.32. The molecule has 1 aromatic carbocycles. The number of hydrogen-bond donors (Lipinski definition) is 1. The third kappa shape index (κ3) is 2.28. The second kappa shape index (κ2) is 4.95. The van der Waals surface area contributed by atoms with Crippen LogP contribution in [0.3, 0.4) is 0 Å². The summed E-state index contributed by atoms with van der Waals surface area (Å²) in [6, 6.07) is 6.25. The number of nitrogens with zero attached hydrogens (tertiary/aromatic N) is 4. The van der Waals surface area contributed by atoms with Gasteiger partial charge in [0.1, 0.15) is 11.9 Å². The fraction of sp³-hybridized carbons (Fsp3) is 0.429. The van der Waals surface area contributed by atoms with Crippen molar-refractivity contribution >= 4 is 15.9 Å². The van der Waals surface area contributed by atoms with Crippen LogP contribution in [0, 0.1) is 6.92 Å². The van der Waals surface area contributed by atoms with Crippen molar-refractivity contribution in [3.8, 4) is 0 Å². The number of likely N-dealkylation sites (tertiary alicyclic amines) is 1. The molecule has 1 aliphatic heterocycles. The quantitative estimate of drug-likeness (QED) is 0.924. The van der Waals surface area contributed by atoms with Gasteiger partial charge in [0.15, 0.2) is 5.82 Å². The first-order chi connectivity index (χ1) is 9.49. The highest BCUT2D eigenvalue weighted by Gasteiger charge is 2.45. The van der Waals surface area contributed by atoms with Gasteiger partial charge in [0.2, 0.25) is 0 Å². The molecule has 0 amide bonds. The summed E-state index contributed by atoms with van der Waals surface area (Å²) < 4.78 is 2.79. The fourth-order valence-electron chi connectivity index (χ4n) is 2.74. The van der Waals surface area contributed by atoms with Crippen LogP contribution in [0.5, 0.6) is 0 Å². The molecule has 1 N–H and O–H groups in total. The Labute approximate surface area is 126 Å². The summed E-state index contributed by atoms with van der Waals surface area (Å²) in [5.74, 6) is 0.636. The average molecular weight is 337 g/mol. The van der Waals surface area contributed by atoms with E-state index >= 15 is 0 Å². The van der Waals surface area contributed by atoms with Crippen LogP contribution < -0.4 is 0 Å². The second-order valence-electron chi connectivity index (χ2n) is 5.43. The van der Waals surface area contributed by atoms with Crippen molar-refractivity contribution in [2.45, 2.75) is 19.1 Å². The van der Waals surface area contributed by atoms with Crippen molar-refractivity contribution in [1.29, 1.82) is 0 Å². The molecule has 20 heavy (non-hydrogen) atoms. The smallest absolute Gasteiger partial charge is 0.161 e. The highest BCUT2D eigenvalue weighted by atomic mass is 79.9. The molecule has 0 spiro atoms. The Bertz CT molecular complexity index is 634. The van der Waals surface area contributed by atoms with Gasteiger partial charge in [-0.15, -0.1) is 0 Å². The van der Waals surface area contributed by atoms with Crippen LogP contribution in [0.4, 0.5) is 0 Å². The molecule has 1 aromatic heterocycles. The van der Waals surface area contributed by atoms with Crippen LogP contribution in [0.25, 0.3) is 0 Å². The number of aryl methyl sites for hydroxylation is 2. The topological polar surface area (TPSA) is 54.2 Å². The normalized spacial score (nSPS) is 18.0. The molecule has 2 aromatic rings. The van der Waals surface area contributed by atoms with Crippen molar-refractivity contribution in [1.82, 2.24) is 19.7 Å². The Morgan fingerprint density at radius 2 is 2.15 bits per heavy atom. The lowest BCUT2D eigenvalue weighted by atomic mass is 9.92. The zero-order valence-corrected chi connectivity index (χ0v) is 13.1. The van der Waals surface area contributed by atoms with Gasteiger partial charge in [0.05, 0.1) is 0 Å². The van der Waals surface area contributed by atoms with Gasteiger partial charge in [0, 0.05) is 31.2 Å². The largest absolute Gasteiger partial charge is 0.379 e. The SMILES string of the molecule is Cc1cccc(CN2CC(O)(c3ncnn3C)C2)c1Br. The standard InChI is InChI=1S/C14H17BrN4O/c1-10-4-3-5-11(12(10)15)6-19-7-14(20,8-19)13-16-9-17-18(13)2/h3-5,9,20H,6-8H2,1-2H3. The zero-order valence-electron chi connectivity index (χ0n) is 11.5. The predicted octanol–water partition coefficient (Wildman–Crippen LogP) is 1.59. The Morgan fingerprint density at radius 3 is 2.80 bits per heavy atom. The lowest BCUT2D eigenvalue weighted by Crippen LogP contribution is -2.59. The minimum atomic E-state index is -0.873. The highest BCUT2D eigenvalue weighted by Crippen LogP contribution is 2.32. The summed E-state index contributed by atoms with van der Waals surface area (Å²) in [5.41, 5.74) is 1.60. The van der Waals surface area contributed by atoms with Crippen LogP contribution in [0.2, 0.25) is 0 Å². The molecule has 0 bridgehead atoms. The number of aliphatic hydroxyl groups is 1. The van der Waals surface area contributed by atoms with Gasteiger partial charge in [-0.2, -0.15) is 5.10 Å². The van der Waals surface area contributed by atoms with Crippen LogP contribution in [-0.4, -0.2) is 37.9 Å². The van der Waals surface area contributed by atoms with Gasteiger partial charge in [0.25, 0.3) is 0 Å². The molecule has 5 nitrogen and oxygen atoms in total. The maximum atomic E-state index is 10.5. The van der Waals surface area contributed by atoms with Crippen LogP contribution in [-0.2, 0) is 19.2 Å². The monoisotopic (exact) mass is 336 g/mol. The summed E-state index contributed by atoms with van der Waals surface area (Å²) >= 11 is 3.63. The van der Waals surface area contributed by atoms with E-state index in [9.17, 15) is 5.11 Å². The number of aromatic nitrogens is 3. The first-order valence-electron chi connectivity index (χ1n) is 6.53. The van der Waals surface area contributed by atoms with E-state index in [4.69, 9.17) is 0 Å². The van der Waals surface area contributed by atoms with Gasteiger partial charge in [-0.25, -0.2) is 4.98 Å². The van der Waals surface area contributed by atoms with E-state index < -0.39 is 5.60 Å². The number of benzene rings is 1. The van der Waals surface area contributed by atoms with Crippen LogP contribution in [0.15, 0.2) is 29.0 Å². The van der Waals surface area contributed by atoms with Crippen LogP contribution >= 0.6 is 15.9 Å². The van der Waals surface area contributed by atoms with Gasteiger partial charge < -0.3 is 5.11 Å². The van der Waals surface area contributed by atoms with Gasteiger partial charge >= 0.3 is 0 Å². The number of rotatable bonds is 3. The van der Waals surface area contributed by atoms with Gasteiger partial charge in [-0.3, -0.25) is 9.58 Å². The molecule has 1 aliphatic rings. The van der Waals surface area contributed by atoms with E-state index in [2.05, 4.69) is 56.0 Å². The predicted molar refractivity (Wildman–Crippen MR) is 79.1 cm³/mol. The summed E-state index contributed by atoms with van der Waals surface area (Å²) in [5, 5.41) is 14.6. The Morgan fingerprint density at radius 1 is 1.40 bits per heavy atom. The summed E-state index contributed by atoms with van der Waals surface area (Å²) in [6.45, 7) is 4.07. The van der Waals surface area contributed by atoms with Crippen molar-refractivity contribution in [2.75, 3.05) is 13.1 Å². The number of β-amino-alcohol motifs (C(OH)–C–C–N with tert-alkyl or cyclic N) is 1. The van der Waals surface area contributed by atoms with E-state index in [1.54, 1.807) is 11.7 Å². The Kier molecular flexibility index (Phi) is 3.40. The van der Waals surface area contributed by atoms with Crippen molar-refractivity contribution in [3.63, 3.8) is 0 Å². The van der Waals surface area contributed by atoms with E-state index in [0.717, 1.165) is 11.0 Å². The highest BCUT2D eigenvalue weighted by molar-refractivity contribution is 9.10.